The predicted octanol–water partition coefficient (Wildman–Crippen LogP) is -1.88. The quantitative estimate of drug-likeness (QED) is 0.589. The number of carbonyl (C=O) groups is 1. The SMILES string of the molecule is COC(CN)C(=O)Nc1nnn(C)n1. The van der Waals surface area contributed by atoms with E-state index in [2.05, 4.69) is 20.7 Å². The molecule has 1 unspecified atom stereocenters. The molecule has 0 aliphatic rings. The fraction of sp³-hybridized carbons (Fsp3) is 0.667. The van der Waals surface area contributed by atoms with Gasteiger partial charge in [-0.05, 0) is 5.21 Å². The molecule has 8 nitrogen and oxygen atoms in total. The number of nitrogens with one attached hydrogen (secondary N) is 1. The summed E-state index contributed by atoms with van der Waals surface area (Å²) in [5.74, 6) is -0.254. The van der Waals surface area contributed by atoms with Gasteiger partial charge in [0.15, 0.2) is 0 Å². The van der Waals surface area contributed by atoms with Crippen LogP contribution in [0, 0.1) is 0 Å². The van der Waals surface area contributed by atoms with Gasteiger partial charge in [-0.15, -0.1) is 5.10 Å². The molecule has 14 heavy (non-hydrogen) atoms. The zero-order valence-corrected chi connectivity index (χ0v) is 7.97. The van der Waals surface area contributed by atoms with Crippen LogP contribution in [0.2, 0.25) is 0 Å². The van der Waals surface area contributed by atoms with E-state index >= 15 is 0 Å². The van der Waals surface area contributed by atoms with Crippen molar-refractivity contribution in [3.05, 3.63) is 0 Å². The fourth-order valence-electron chi connectivity index (χ4n) is 0.835. The Morgan fingerprint density at radius 1 is 1.79 bits per heavy atom. The average molecular weight is 200 g/mol. The standard InChI is InChI=1S/C6H12N6O2/c1-12-10-6(9-11-12)8-5(13)4(3-7)14-2/h4H,3,7H2,1-2H3,(H,8,10,13). The summed E-state index contributed by atoms with van der Waals surface area (Å²) >= 11 is 0. The zero-order chi connectivity index (χ0) is 10.6. The molecule has 1 rings (SSSR count). The Morgan fingerprint density at radius 2 is 2.50 bits per heavy atom. The van der Waals surface area contributed by atoms with Crippen LogP contribution in [0.15, 0.2) is 0 Å². The number of hydrogen-bond acceptors (Lipinski definition) is 6. The highest BCUT2D eigenvalue weighted by Crippen LogP contribution is 1.96. The average Bonchev–Trinajstić information content (AvgIpc) is 2.53. The lowest BCUT2D eigenvalue weighted by Crippen LogP contribution is -2.36. The molecular formula is C6H12N6O2. The molecule has 0 aliphatic heterocycles. The highest BCUT2D eigenvalue weighted by molar-refractivity contribution is 5.92. The molecule has 0 fully saturated rings. The van der Waals surface area contributed by atoms with Gasteiger partial charge < -0.3 is 10.5 Å². The molecule has 0 saturated heterocycles. The Bertz CT molecular complexity index is 307. The van der Waals surface area contributed by atoms with Crippen molar-refractivity contribution < 1.29 is 9.53 Å². The van der Waals surface area contributed by atoms with Gasteiger partial charge >= 0.3 is 0 Å². The molecule has 1 aromatic rings. The van der Waals surface area contributed by atoms with Gasteiger partial charge in [-0.2, -0.15) is 4.80 Å². The van der Waals surface area contributed by atoms with Crippen molar-refractivity contribution in [3.8, 4) is 0 Å². The molecule has 0 saturated carbocycles. The predicted molar refractivity (Wildman–Crippen MR) is 47.3 cm³/mol. The lowest BCUT2D eigenvalue weighted by Gasteiger charge is -2.10. The summed E-state index contributed by atoms with van der Waals surface area (Å²) in [5, 5.41) is 13.3. The lowest BCUT2D eigenvalue weighted by molar-refractivity contribution is -0.125. The normalized spacial score (nSPS) is 12.5. The molecule has 3 N–H and O–H groups in total. The second-order valence-electron chi connectivity index (χ2n) is 2.55. The van der Waals surface area contributed by atoms with Gasteiger partial charge in [0.25, 0.3) is 11.9 Å². The van der Waals surface area contributed by atoms with Gasteiger partial charge in [0.05, 0.1) is 7.05 Å². The van der Waals surface area contributed by atoms with Crippen LogP contribution in [0.25, 0.3) is 0 Å². The smallest absolute Gasteiger partial charge is 0.270 e. The number of methoxy groups -OCH3 is 1. The third-order valence-corrected chi connectivity index (χ3v) is 1.53. The van der Waals surface area contributed by atoms with Crippen LogP contribution in [0.5, 0.6) is 0 Å². The molecule has 1 heterocycles. The summed E-state index contributed by atoms with van der Waals surface area (Å²) in [6.45, 7) is 0.0998. The van der Waals surface area contributed by atoms with E-state index in [4.69, 9.17) is 10.5 Å². The number of ether oxygens (including phenoxy) is 1. The molecule has 0 bridgehead atoms. The second-order valence-corrected chi connectivity index (χ2v) is 2.55. The summed E-state index contributed by atoms with van der Waals surface area (Å²) in [7, 11) is 3.00. The van der Waals surface area contributed by atoms with Crippen LogP contribution < -0.4 is 11.1 Å². The van der Waals surface area contributed by atoms with Crippen molar-refractivity contribution in [3.63, 3.8) is 0 Å². The zero-order valence-electron chi connectivity index (χ0n) is 7.97. The number of nitrogens with two attached hydrogens (primary N) is 1. The van der Waals surface area contributed by atoms with E-state index in [0.29, 0.717) is 0 Å². The van der Waals surface area contributed by atoms with Crippen molar-refractivity contribution in [2.45, 2.75) is 6.10 Å². The molecule has 8 heteroatoms. The summed E-state index contributed by atoms with van der Waals surface area (Å²) in [4.78, 5) is 12.6. The number of aromatic nitrogens is 4. The Kier molecular flexibility index (Phi) is 3.48. The molecule has 1 atom stereocenters. The van der Waals surface area contributed by atoms with Crippen LogP contribution in [0.3, 0.4) is 0 Å². The first-order valence-electron chi connectivity index (χ1n) is 3.95. The van der Waals surface area contributed by atoms with Crippen molar-refractivity contribution in [2.75, 3.05) is 19.0 Å². The molecule has 0 spiro atoms. The number of nitrogens with zero attached hydrogens (tertiary/aromatic N) is 4. The van der Waals surface area contributed by atoms with Gasteiger partial charge in [-0.1, -0.05) is 5.10 Å². The molecule has 0 aliphatic carbocycles. The van der Waals surface area contributed by atoms with Crippen LogP contribution >= 0.6 is 0 Å². The third kappa shape index (κ3) is 2.47. The van der Waals surface area contributed by atoms with Crippen LogP contribution in [0.4, 0.5) is 5.95 Å². The van der Waals surface area contributed by atoms with Gasteiger partial charge in [0, 0.05) is 13.7 Å². The molecule has 0 aromatic carbocycles. The van der Waals surface area contributed by atoms with E-state index in [1.165, 1.54) is 11.9 Å². The van der Waals surface area contributed by atoms with Gasteiger partial charge in [0.2, 0.25) is 0 Å². The van der Waals surface area contributed by atoms with E-state index < -0.39 is 6.10 Å². The second kappa shape index (κ2) is 4.63. The number of rotatable bonds is 4. The van der Waals surface area contributed by atoms with Crippen molar-refractivity contribution in [1.29, 1.82) is 0 Å². The number of aryl methyl sites for hydroxylation is 1. The maximum Gasteiger partial charge on any atom is 0.270 e. The van der Waals surface area contributed by atoms with Crippen LogP contribution in [-0.2, 0) is 16.6 Å². The summed E-state index contributed by atoms with van der Waals surface area (Å²) < 4.78 is 4.82. The van der Waals surface area contributed by atoms with E-state index in [1.807, 2.05) is 0 Å². The minimum atomic E-state index is -0.696. The Balaban J connectivity index is 2.56. The minimum Gasteiger partial charge on any atom is -0.370 e. The number of hydrogen-bond donors (Lipinski definition) is 2. The molecule has 78 valence electrons. The first kappa shape index (κ1) is 10.5. The Morgan fingerprint density at radius 3 is 2.93 bits per heavy atom. The summed E-state index contributed by atoms with van der Waals surface area (Å²) in [6.07, 6.45) is -0.696. The van der Waals surface area contributed by atoms with Gasteiger partial charge in [0.1, 0.15) is 6.10 Å². The third-order valence-electron chi connectivity index (χ3n) is 1.53. The van der Waals surface area contributed by atoms with E-state index in [1.54, 1.807) is 7.05 Å². The fourth-order valence-corrected chi connectivity index (χ4v) is 0.835. The Labute approximate surface area is 80.4 Å². The lowest BCUT2D eigenvalue weighted by atomic mass is 10.3. The maximum atomic E-state index is 11.4. The molecular weight excluding hydrogens is 188 g/mol. The number of anilines is 1. The highest BCUT2D eigenvalue weighted by atomic mass is 16.5. The summed E-state index contributed by atoms with van der Waals surface area (Å²) in [6, 6.07) is 0. The maximum absolute atomic E-state index is 11.4. The largest absolute Gasteiger partial charge is 0.370 e. The van der Waals surface area contributed by atoms with Gasteiger partial charge in [-0.25, -0.2) is 0 Å². The van der Waals surface area contributed by atoms with Crippen LogP contribution in [0.1, 0.15) is 0 Å². The van der Waals surface area contributed by atoms with Crippen molar-refractivity contribution >= 4 is 11.9 Å². The first-order valence-corrected chi connectivity index (χ1v) is 3.95. The van der Waals surface area contributed by atoms with E-state index in [-0.39, 0.29) is 18.4 Å². The number of amides is 1. The topological polar surface area (TPSA) is 108 Å². The minimum absolute atomic E-state index is 0.0998. The summed E-state index contributed by atoms with van der Waals surface area (Å²) in [5.41, 5.74) is 5.30. The van der Waals surface area contributed by atoms with Gasteiger partial charge in [-0.3, -0.25) is 10.1 Å². The van der Waals surface area contributed by atoms with Crippen molar-refractivity contribution in [1.82, 2.24) is 20.2 Å². The monoisotopic (exact) mass is 200 g/mol. The van der Waals surface area contributed by atoms with E-state index in [0.717, 1.165) is 0 Å². The number of tetrazole rings is 1. The Hall–Kier alpha value is -1.54. The van der Waals surface area contributed by atoms with Crippen molar-refractivity contribution in [2.24, 2.45) is 12.8 Å². The molecule has 1 aromatic heterocycles. The highest BCUT2D eigenvalue weighted by Gasteiger charge is 2.17. The van der Waals surface area contributed by atoms with E-state index in [9.17, 15) is 4.79 Å². The molecule has 1 amide bonds. The number of carbonyl (C=O) groups excluding carboxylic acids is 1. The van der Waals surface area contributed by atoms with Crippen LogP contribution in [-0.4, -0.2) is 45.9 Å². The molecule has 0 radical (unpaired) electrons. The first-order chi connectivity index (χ1) is 6.67.